The SMILES string of the molecule is O=C(Nn1ccc2c(cnc3nc(-c4ccccc4)nn32)c1=O)c1ccc2c(c1)OCCO2. The van der Waals surface area contributed by atoms with E-state index in [1.807, 2.05) is 30.3 Å². The summed E-state index contributed by atoms with van der Waals surface area (Å²) in [4.78, 5) is 34.5. The van der Waals surface area contributed by atoms with Crippen LogP contribution in [-0.2, 0) is 0 Å². The normalized spacial score (nSPS) is 12.7. The number of hydrogen-bond donors (Lipinski definition) is 1. The number of nitrogens with zero attached hydrogens (tertiary/aromatic N) is 5. The zero-order chi connectivity index (χ0) is 22.4. The molecule has 1 aliphatic heterocycles. The number of carbonyl (C=O) groups excluding carboxylic acids is 1. The molecule has 10 nitrogen and oxygen atoms in total. The number of aromatic nitrogens is 5. The Morgan fingerprint density at radius 3 is 2.67 bits per heavy atom. The molecule has 2 aromatic carbocycles. The van der Waals surface area contributed by atoms with E-state index in [1.54, 1.807) is 24.3 Å². The maximum atomic E-state index is 13.1. The third kappa shape index (κ3) is 3.24. The van der Waals surface area contributed by atoms with Crippen LogP contribution < -0.4 is 20.5 Å². The molecule has 162 valence electrons. The van der Waals surface area contributed by atoms with E-state index in [-0.39, 0.29) is 5.39 Å². The number of ether oxygens (including phenoxy) is 2. The monoisotopic (exact) mass is 440 g/mol. The first kappa shape index (κ1) is 19.0. The molecule has 5 aromatic rings. The van der Waals surface area contributed by atoms with Crippen LogP contribution in [0.5, 0.6) is 11.5 Å². The van der Waals surface area contributed by atoms with Gasteiger partial charge in [-0.15, -0.1) is 5.10 Å². The summed E-state index contributed by atoms with van der Waals surface area (Å²) in [5, 5.41) is 4.80. The molecule has 0 unspecified atom stereocenters. The van der Waals surface area contributed by atoms with Crippen molar-refractivity contribution in [2.45, 2.75) is 0 Å². The van der Waals surface area contributed by atoms with Crippen molar-refractivity contribution in [3.63, 3.8) is 0 Å². The zero-order valence-electron chi connectivity index (χ0n) is 17.1. The van der Waals surface area contributed by atoms with E-state index in [9.17, 15) is 9.59 Å². The van der Waals surface area contributed by atoms with E-state index < -0.39 is 11.5 Å². The van der Waals surface area contributed by atoms with Crippen molar-refractivity contribution in [2.24, 2.45) is 0 Å². The minimum atomic E-state index is -0.463. The Balaban J connectivity index is 1.36. The lowest BCUT2D eigenvalue weighted by Crippen LogP contribution is -2.33. The second kappa shape index (κ2) is 7.45. The summed E-state index contributed by atoms with van der Waals surface area (Å²) in [6, 6.07) is 16.1. The number of benzene rings is 2. The number of fused-ring (bicyclic) bond motifs is 4. The Morgan fingerprint density at radius 1 is 1.00 bits per heavy atom. The van der Waals surface area contributed by atoms with Crippen LogP contribution in [0.2, 0.25) is 0 Å². The summed E-state index contributed by atoms with van der Waals surface area (Å²) < 4.78 is 13.6. The number of amides is 1. The molecule has 10 heteroatoms. The molecule has 1 aliphatic rings. The predicted octanol–water partition coefficient (Wildman–Crippen LogP) is 2.26. The van der Waals surface area contributed by atoms with Gasteiger partial charge in [0.05, 0.1) is 10.9 Å². The smallest absolute Gasteiger partial charge is 0.280 e. The number of carbonyl (C=O) groups is 1. The highest BCUT2D eigenvalue weighted by molar-refractivity contribution is 6.00. The lowest BCUT2D eigenvalue weighted by atomic mass is 10.2. The minimum Gasteiger partial charge on any atom is -0.486 e. The largest absolute Gasteiger partial charge is 0.486 e. The summed E-state index contributed by atoms with van der Waals surface area (Å²) in [6.45, 7) is 0.878. The van der Waals surface area contributed by atoms with Crippen LogP contribution in [0.4, 0.5) is 0 Å². The van der Waals surface area contributed by atoms with Crippen molar-refractivity contribution in [3.8, 4) is 22.9 Å². The van der Waals surface area contributed by atoms with Crippen molar-refractivity contribution < 1.29 is 14.3 Å². The Labute approximate surface area is 186 Å². The van der Waals surface area contributed by atoms with Gasteiger partial charge in [0, 0.05) is 23.5 Å². The maximum absolute atomic E-state index is 13.1. The molecule has 0 radical (unpaired) electrons. The number of nitrogens with one attached hydrogen (secondary N) is 1. The first-order chi connectivity index (χ1) is 16.2. The molecule has 0 saturated heterocycles. The van der Waals surface area contributed by atoms with Gasteiger partial charge in [0.2, 0.25) is 0 Å². The van der Waals surface area contributed by atoms with Crippen LogP contribution >= 0.6 is 0 Å². The van der Waals surface area contributed by atoms with Gasteiger partial charge in [-0.05, 0) is 24.3 Å². The van der Waals surface area contributed by atoms with Crippen molar-refractivity contribution >= 4 is 22.6 Å². The Kier molecular flexibility index (Phi) is 4.29. The van der Waals surface area contributed by atoms with Crippen molar-refractivity contribution in [1.82, 2.24) is 24.3 Å². The van der Waals surface area contributed by atoms with Crippen LogP contribution in [0.3, 0.4) is 0 Å². The predicted molar refractivity (Wildman–Crippen MR) is 119 cm³/mol. The topological polar surface area (TPSA) is 113 Å². The van der Waals surface area contributed by atoms with Crippen molar-refractivity contribution in [2.75, 3.05) is 18.6 Å². The third-order valence-electron chi connectivity index (χ3n) is 5.29. The van der Waals surface area contributed by atoms with Gasteiger partial charge in [-0.1, -0.05) is 30.3 Å². The molecule has 1 N–H and O–H groups in total. The first-order valence-corrected chi connectivity index (χ1v) is 10.2. The van der Waals surface area contributed by atoms with Gasteiger partial charge in [0.15, 0.2) is 17.3 Å². The second-order valence-corrected chi connectivity index (χ2v) is 7.36. The molecule has 1 amide bonds. The zero-order valence-corrected chi connectivity index (χ0v) is 17.1. The summed E-state index contributed by atoms with van der Waals surface area (Å²) in [6.07, 6.45) is 2.91. The van der Waals surface area contributed by atoms with E-state index in [1.165, 1.54) is 16.9 Å². The van der Waals surface area contributed by atoms with Crippen LogP contribution in [0.25, 0.3) is 28.1 Å². The minimum absolute atomic E-state index is 0.289. The van der Waals surface area contributed by atoms with Gasteiger partial charge in [0.1, 0.15) is 13.2 Å². The molecule has 4 heterocycles. The fraction of sp³-hybridized carbons (Fsp3) is 0.0870. The number of rotatable bonds is 3. The first-order valence-electron chi connectivity index (χ1n) is 10.2. The van der Waals surface area contributed by atoms with Gasteiger partial charge in [-0.2, -0.15) is 9.50 Å². The van der Waals surface area contributed by atoms with Gasteiger partial charge < -0.3 is 9.47 Å². The molecule has 0 spiro atoms. The van der Waals surface area contributed by atoms with Crippen LogP contribution in [0, 0.1) is 0 Å². The lowest BCUT2D eigenvalue weighted by Gasteiger charge is -2.18. The second-order valence-electron chi connectivity index (χ2n) is 7.36. The Bertz CT molecular complexity index is 1590. The molecular formula is C23H16N6O4. The quantitative estimate of drug-likeness (QED) is 0.458. The maximum Gasteiger partial charge on any atom is 0.280 e. The van der Waals surface area contributed by atoms with Crippen LogP contribution in [0.15, 0.2) is 71.8 Å². The van der Waals surface area contributed by atoms with Gasteiger partial charge in [-0.25, -0.2) is 9.66 Å². The van der Waals surface area contributed by atoms with E-state index in [0.717, 1.165) is 10.2 Å². The summed E-state index contributed by atoms with van der Waals surface area (Å²) in [5.41, 5.74) is 3.87. The molecule has 0 fully saturated rings. The standard InChI is InChI=1S/C23H16N6O4/c30-21(15-6-7-18-19(12-15)33-11-10-32-18)27-28-9-8-17-16(22(28)31)13-24-23-25-20(26-29(17)23)14-4-2-1-3-5-14/h1-9,12-13H,10-11H2,(H,27,30). The van der Waals surface area contributed by atoms with E-state index in [2.05, 4.69) is 20.5 Å². The third-order valence-corrected chi connectivity index (χ3v) is 5.29. The van der Waals surface area contributed by atoms with E-state index >= 15 is 0 Å². The fourth-order valence-electron chi connectivity index (χ4n) is 3.68. The van der Waals surface area contributed by atoms with Gasteiger partial charge in [-0.3, -0.25) is 15.0 Å². The van der Waals surface area contributed by atoms with E-state index in [4.69, 9.17) is 9.47 Å². The number of pyridine rings is 1. The molecule has 0 atom stereocenters. The van der Waals surface area contributed by atoms with Gasteiger partial charge in [0.25, 0.3) is 17.2 Å². The fourth-order valence-corrected chi connectivity index (χ4v) is 3.68. The average molecular weight is 440 g/mol. The molecule has 0 aliphatic carbocycles. The molecule has 0 bridgehead atoms. The summed E-state index contributed by atoms with van der Waals surface area (Å²) in [5.74, 6) is 1.49. The molecular weight excluding hydrogens is 424 g/mol. The van der Waals surface area contributed by atoms with Crippen LogP contribution in [0.1, 0.15) is 10.4 Å². The van der Waals surface area contributed by atoms with Crippen molar-refractivity contribution in [1.29, 1.82) is 0 Å². The highest BCUT2D eigenvalue weighted by Crippen LogP contribution is 2.30. The average Bonchev–Trinajstić information content (AvgIpc) is 3.31. The molecule has 33 heavy (non-hydrogen) atoms. The van der Waals surface area contributed by atoms with Crippen molar-refractivity contribution in [3.05, 3.63) is 82.9 Å². The lowest BCUT2D eigenvalue weighted by molar-refractivity contribution is 0.101. The van der Waals surface area contributed by atoms with Gasteiger partial charge >= 0.3 is 0 Å². The summed E-state index contributed by atoms with van der Waals surface area (Å²) >= 11 is 0. The molecule has 6 rings (SSSR count). The Hall–Kier alpha value is -4.73. The molecule has 3 aromatic heterocycles. The van der Waals surface area contributed by atoms with E-state index in [0.29, 0.717) is 47.4 Å². The Morgan fingerprint density at radius 2 is 1.82 bits per heavy atom. The highest BCUT2D eigenvalue weighted by atomic mass is 16.6. The summed E-state index contributed by atoms with van der Waals surface area (Å²) in [7, 11) is 0. The molecule has 0 saturated carbocycles. The number of hydrogen-bond acceptors (Lipinski definition) is 7. The van der Waals surface area contributed by atoms with Crippen LogP contribution in [-0.4, -0.2) is 43.4 Å². The highest BCUT2D eigenvalue weighted by Gasteiger charge is 2.17.